The fourth-order valence-electron chi connectivity index (χ4n) is 1.37. The van der Waals surface area contributed by atoms with Gasteiger partial charge in [-0.05, 0) is 15.9 Å². The molecular weight excluding hydrogens is 266 g/mol. The van der Waals surface area contributed by atoms with Crippen molar-refractivity contribution in [1.29, 1.82) is 0 Å². The highest BCUT2D eigenvalue weighted by molar-refractivity contribution is 9.10. The van der Waals surface area contributed by atoms with Crippen molar-refractivity contribution < 1.29 is 9.72 Å². The molecule has 1 heterocycles. The van der Waals surface area contributed by atoms with Gasteiger partial charge in [0.25, 0.3) is 5.69 Å². The Kier molecular flexibility index (Phi) is 2.31. The summed E-state index contributed by atoms with van der Waals surface area (Å²) in [6.45, 7) is 0.293. The molecular formula is C8H6BrN3O3. The van der Waals surface area contributed by atoms with Gasteiger partial charge in [0.1, 0.15) is 0 Å². The molecule has 0 aliphatic carbocycles. The van der Waals surface area contributed by atoms with Gasteiger partial charge < -0.3 is 10.6 Å². The molecule has 2 N–H and O–H groups in total. The minimum atomic E-state index is -0.471. The Morgan fingerprint density at radius 2 is 2.20 bits per heavy atom. The van der Waals surface area contributed by atoms with E-state index in [1.807, 2.05) is 0 Å². The Balaban J connectivity index is 2.52. The summed E-state index contributed by atoms with van der Waals surface area (Å²) in [6, 6.07) is 2.49. The lowest BCUT2D eigenvalue weighted by Crippen LogP contribution is -2.33. The number of carbonyl (C=O) groups is 1. The largest absolute Gasteiger partial charge is 0.334 e. The third-order valence-corrected chi connectivity index (χ3v) is 2.67. The molecule has 0 aromatic heterocycles. The molecule has 2 rings (SSSR count). The van der Waals surface area contributed by atoms with Crippen LogP contribution >= 0.6 is 15.9 Å². The number of carbonyl (C=O) groups excluding carboxylic acids is 1. The lowest BCUT2D eigenvalue weighted by molar-refractivity contribution is -0.385. The van der Waals surface area contributed by atoms with E-state index in [4.69, 9.17) is 0 Å². The number of anilines is 1. The van der Waals surface area contributed by atoms with Gasteiger partial charge in [-0.1, -0.05) is 0 Å². The summed E-state index contributed by atoms with van der Waals surface area (Å²) in [6.07, 6.45) is 0. The van der Waals surface area contributed by atoms with Gasteiger partial charge in [0.05, 0.1) is 10.6 Å². The number of urea groups is 1. The number of amides is 2. The second-order valence-electron chi connectivity index (χ2n) is 3.03. The number of nitro benzene ring substituents is 1. The number of nitrogens with zero attached hydrogens (tertiary/aromatic N) is 1. The predicted octanol–water partition coefficient (Wildman–Crippen LogP) is 1.99. The third-order valence-electron chi connectivity index (χ3n) is 2.05. The second kappa shape index (κ2) is 3.50. The van der Waals surface area contributed by atoms with Crippen molar-refractivity contribution in [2.45, 2.75) is 6.54 Å². The quantitative estimate of drug-likeness (QED) is 0.605. The highest BCUT2D eigenvalue weighted by atomic mass is 79.9. The van der Waals surface area contributed by atoms with Gasteiger partial charge in [0.15, 0.2) is 0 Å². The van der Waals surface area contributed by atoms with Crippen molar-refractivity contribution in [2.75, 3.05) is 5.32 Å². The molecule has 0 fully saturated rings. The van der Waals surface area contributed by atoms with Gasteiger partial charge in [-0.2, -0.15) is 0 Å². The Hall–Kier alpha value is -1.63. The lowest BCUT2D eigenvalue weighted by Gasteiger charge is -2.18. The molecule has 1 aliphatic rings. The van der Waals surface area contributed by atoms with Crippen molar-refractivity contribution >= 4 is 33.3 Å². The first-order valence-corrected chi connectivity index (χ1v) is 4.89. The number of nitrogens with one attached hydrogen (secondary N) is 2. The molecule has 7 heteroatoms. The first-order valence-electron chi connectivity index (χ1n) is 4.09. The van der Waals surface area contributed by atoms with Crippen LogP contribution in [0.3, 0.4) is 0 Å². The average molecular weight is 272 g/mol. The van der Waals surface area contributed by atoms with Crippen molar-refractivity contribution in [3.05, 3.63) is 32.3 Å². The van der Waals surface area contributed by atoms with Crippen LogP contribution in [0, 0.1) is 10.1 Å². The minimum absolute atomic E-state index is 0.00132. The number of non-ortho nitro benzene ring substituents is 1. The predicted molar refractivity (Wildman–Crippen MR) is 56.7 cm³/mol. The van der Waals surface area contributed by atoms with Crippen LogP contribution in [0.4, 0.5) is 16.2 Å². The molecule has 6 nitrogen and oxygen atoms in total. The first kappa shape index (κ1) is 9.91. The monoisotopic (exact) mass is 271 g/mol. The highest BCUT2D eigenvalue weighted by Gasteiger charge is 2.20. The topological polar surface area (TPSA) is 84.3 Å². The van der Waals surface area contributed by atoms with Crippen LogP contribution in [0.15, 0.2) is 16.6 Å². The molecule has 0 unspecified atom stereocenters. The number of hydrogen-bond donors (Lipinski definition) is 2. The maximum absolute atomic E-state index is 11.0. The fourth-order valence-corrected chi connectivity index (χ4v) is 1.95. The summed E-state index contributed by atoms with van der Waals surface area (Å²) in [4.78, 5) is 21.1. The van der Waals surface area contributed by atoms with Gasteiger partial charge in [0.2, 0.25) is 0 Å². The molecule has 1 aliphatic heterocycles. The molecule has 0 radical (unpaired) electrons. The van der Waals surface area contributed by atoms with E-state index in [0.29, 0.717) is 22.3 Å². The van der Waals surface area contributed by atoms with Crippen LogP contribution in [0.2, 0.25) is 0 Å². The van der Waals surface area contributed by atoms with Gasteiger partial charge in [-0.15, -0.1) is 0 Å². The number of benzene rings is 1. The van der Waals surface area contributed by atoms with Gasteiger partial charge in [-0.25, -0.2) is 4.79 Å². The summed E-state index contributed by atoms with van der Waals surface area (Å²) in [5, 5.41) is 15.7. The number of fused-ring (bicyclic) bond motifs is 1. The van der Waals surface area contributed by atoms with Crippen LogP contribution in [0.5, 0.6) is 0 Å². The summed E-state index contributed by atoms with van der Waals surface area (Å²) < 4.78 is 0.515. The SMILES string of the molecule is O=C1NCc2cc([N+](=O)[O-])cc(Br)c2N1. The van der Waals surface area contributed by atoms with E-state index in [0.717, 1.165) is 0 Å². The van der Waals surface area contributed by atoms with Crippen molar-refractivity contribution in [3.8, 4) is 0 Å². The Morgan fingerprint density at radius 1 is 1.47 bits per heavy atom. The first-order chi connectivity index (χ1) is 7.08. The second-order valence-corrected chi connectivity index (χ2v) is 3.88. The van der Waals surface area contributed by atoms with E-state index in [1.165, 1.54) is 12.1 Å². The van der Waals surface area contributed by atoms with Crippen LogP contribution in [-0.2, 0) is 6.54 Å². The van der Waals surface area contributed by atoms with Gasteiger partial charge in [0, 0.05) is 28.7 Å². The normalized spacial score (nSPS) is 13.8. The van der Waals surface area contributed by atoms with E-state index in [-0.39, 0.29) is 11.7 Å². The average Bonchev–Trinajstić information content (AvgIpc) is 2.18. The summed E-state index contributed by atoms with van der Waals surface area (Å²) in [5.74, 6) is 0. The molecule has 1 aromatic rings. The standard InChI is InChI=1S/C8H6BrN3O3/c9-6-2-5(12(14)15)1-4-3-10-8(13)11-7(4)6/h1-2H,3H2,(H2,10,11,13). The molecule has 0 spiro atoms. The molecule has 0 atom stereocenters. The van der Waals surface area contributed by atoms with E-state index < -0.39 is 4.92 Å². The summed E-state index contributed by atoms with van der Waals surface area (Å²) >= 11 is 3.18. The zero-order chi connectivity index (χ0) is 11.0. The van der Waals surface area contributed by atoms with E-state index in [9.17, 15) is 14.9 Å². The third kappa shape index (κ3) is 1.78. The smallest absolute Gasteiger partial charge is 0.319 e. The lowest BCUT2D eigenvalue weighted by atomic mass is 10.1. The number of halogens is 1. The minimum Gasteiger partial charge on any atom is -0.334 e. The van der Waals surface area contributed by atoms with Crippen LogP contribution in [0.25, 0.3) is 0 Å². The van der Waals surface area contributed by atoms with E-state index >= 15 is 0 Å². The van der Waals surface area contributed by atoms with E-state index in [2.05, 4.69) is 26.6 Å². The Labute approximate surface area is 92.9 Å². The van der Waals surface area contributed by atoms with Crippen LogP contribution in [-0.4, -0.2) is 11.0 Å². The van der Waals surface area contributed by atoms with Crippen LogP contribution in [0.1, 0.15) is 5.56 Å². The maximum atomic E-state index is 11.0. The molecule has 0 saturated carbocycles. The number of rotatable bonds is 1. The highest BCUT2D eigenvalue weighted by Crippen LogP contribution is 2.32. The molecule has 78 valence electrons. The van der Waals surface area contributed by atoms with Crippen LogP contribution < -0.4 is 10.6 Å². The summed E-state index contributed by atoms with van der Waals surface area (Å²) in [7, 11) is 0. The Morgan fingerprint density at radius 3 is 2.87 bits per heavy atom. The molecule has 0 bridgehead atoms. The molecule has 15 heavy (non-hydrogen) atoms. The van der Waals surface area contributed by atoms with Crippen molar-refractivity contribution in [2.24, 2.45) is 0 Å². The number of nitro groups is 1. The van der Waals surface area contributed by atoms with Crippen molar-refractivity contribution in [1.82, 2.24) is 5.32 Å². The summed E-state index contributed by atoms with van der Waals surface area (Å²) in [5.41, 5.74) is 1.28. The zero-order valence-corrected chi connectivity index (χ0v) is 9.00. The zero-order valence-electron chi connectivity index (χ0n) is 7.41. The van der Waals surface area contributed by atoms with E-state index in [1.54, 1.807) is 0 Å². The maximum Gasteiger partial charge on any atom is 0.319 e. The molecule has 2 amide bonds. The fraction of sp³-hybridized carbons (Fsp3) is 0.125. The molecule has 1 aromatic carbocycles. The number of hydrogen-bond acceptors (Lipinski definition) is 3. The molecule has 0 saturated heterocycles. The van der Waals surface area contributed by atoms with Gasteiger partial charge >= 0.3 is 6.03 Å². The van der Waals surface area contributed by atoms with Gasteiger partial charge in [-0.3, -0.25) is 10.1 Å². The Bertz CT molecular complexity index is 461. The van der Waals surface area contributed by atoms with Crippen molar-refractivity contribution in [3.63, 3.8) is 0 Å².